The van der Waals surface area contributed by atoms with Crippen molar-refractivity contribution in [2.75, 3.05) is 11.9 Å². The van der Waals surface area contributed by atoms with E-state index in [2.05, 4.69) is 5.32 Å². The van der Waals surface area contributed by atoms with Crippen molar-refractivity contribution in [3.05, 3.63) is 29.3 Å². The normalized spacial score (nSPS) is 20.1. The van der Waals surface area contributed by atoms with Gasteiger partial charge in [-0.1, -0.05) is 13.8 Å². The third-order valence-electron chi connectivity index (χ3n) is 4.83. The highest BCUT2D eigenvalue weighted by molar-refractivity contribution is 5.97. The molecule has 6 nitrogen and oxygen atoms in total. The van der Waals surface area contributed by atoms with E-state index in [-0.39, 0.29) is 30.3 Å². The van der Waals surface area contributed by atoms with Crippen molar-refractivity contribution >= 4 is 23.5 Å². The molecule has 6 heteroatoms. The fraction of sp³-hybridized carbons (Fsp3) is 0.550. The molecule has 1 aromatic rings. The van der Waals surface area contributed by atoms with Crippen molar-refractivity contribution < 1.29 is 19.5 Å². The third-order valence-corrected chi connectivity index (χ3v) is 4.83. The number of piperidine rings is 1. The summed E-state index contributed by atoms with van der Waals surface area (Å²) in [6, 6.07) is 5.20. The number of amides is 2. The van der Waals surface area contributed by atoms with Crippen molar-refractivity contribution in [3.63, 3.8) is 0 Å². The van der Waals surface area contributed by atoms with Gasteiger partial charge in [0.15, 0.2) is 0 Å². The lowest BCUT2D eigenvalue weighted by Gasteiger charge is -2.36. The highest BCUT2D eigenvalue weighted by atomic mass is 16.4. The molecule has 0 bridgehead atoms. The molecule has 2 amide bonds. The van der Waals surface area contributed by atoms with E-state index in [0.29, 0.717) is 30.5 Å². The van der Waals surface area contributed by atoms with Crippen LogP contribution in [0.5, 0.6) is 0 Å². The molecule has 2 unspecified atom stereocenters. The summed E-state index contributed by atoms with van der Waals surface area (Å²) >= 11 is 0. The number of rotatable bonds is 5. The first-order valence-electron chi connectivity index (χ1n) is 9.13. The van der Waals surface area contributed by atoms with E-state index in [1.807, 2.05) is 27.7 Å². The SMILES string of the molecule is Cc1cc(C(=O)N2CC(C(=O)O)CCC2C)ccc1NC(=O)CC(C)C. The van der Waals surface area contributed by atoms with Crippen LogP contribution in [0.25, 0.3) is 0 Å². The first-order valence-corrected chi connectivity index (χ1v) is 9.13. The molecular formula is C20H28N2O4. The zero-order valence-electron chi connectivity index (χ0n) is 15.9. The summed E-state index contributed by atoms with van der Waals surface area (Å²) in [4.78, 5) is 37.7. The van der Waals surface area contributed by atoms with Crippen molar-refractivity contribution in [1.29, 1.82) is 0 Å². The number of carboxylic acids is 1. The van der Waals surface area contributed by atoms with Gasteiger partial charge in [0, 0.05) is 30.3 Å². The maximum Gasteiger partial charge on any atom is 0.308 e. The van der Waals surface area contributed by atoms with Crippen LogP contribution in [0.1, 0.15) is 56.0 Å². The van der Waals surface area contributed by atoms with Crippen LogP contribution in [0.2, 0.25) is 0 Å². The van der Waals surface area contributed by atoms with Crippen LogP contribution < -0.4 is 5.32 Å². The van der Waals surface area contributed by atoms with E-state index < -0.39 is 11.9 Å². The summed E-state index contributed by atoms with van der Waals surface area (Å²) in [5.74, 6) is -1.29. The van der Waals surface area contributed by atoms with Gasteiger partial charge in [0.25, 0.3) is 5.91 Å². The number of nitrogens with one attached hydrogen (secondary N) is 1. The van der Waals surface area contributed by atoms with Crippen LogP contribution in [0.15, 0.2) is 18.2 Å². The summed E-state index contributed by atoms with van der Waals surface area (Å²) in [5.41, 5.74) is 2.02. The lowest BCUT2D eigenvalue weighted by atomic mass is 9.92. The molecule has 2 atom stereocenters. The second-order valence-electron chi connectivity index (χ2n) is 7.59. The molecule has 0 radical (unpaired) electrons. The van der Waals surface area contributed by atoms with E-state index in [1.165, 1.54) is 0 Å². The van der Waals surface area contributed by atoms with Gasteiger partial charge in [-0.2, -0.15) is 0 Å². The molecule has 0 spiro atoms. The molecule has 2 rings (SSSR count). The van der Waals surface area contributed by atoms with Gasteiger partial charge < -0.3 is 15.3 Å². The second kappa shape index (κ2) is 8.34. The van der Waals surface area contributed by atoms with Crippen LogP contribution in [0, 0.1) is 18.8 Å². The van der Waals surface area contributed by atoms with E-state index in [9.17, 15) is 19.5 Å². The van der Waals surface area contributed by atoms with Crippen molar-refractivity contribution in [3.8, 4) is 0 Å². The Bertz CT molecular complexity index is 699. The Labute approximate surface area is 154 Å². The summed E-state index contributed by atoms with van der Waals surface area (Å²) in [6.07, 6.45) is 1.73. The molecule has 1 fully saturated rings. The van der Waals surface area contributed by atoms with Crippen molar-refractivity contribution in [1.82, 2.24) is 4.90 Å². The topological polar surface area (TPSA) is 86.7 Å². The summed E-state index contributed by atoms with van der Waals surface area (Å²) in [7, 11) is 0. The molecule has 1 heterocycles. The van der Waals surface area contributed by atoms with Gasteiger partial charge in [-0.3, -0.25) is 14.4 Å². The summed E-state index contributed by atoms with van der Waals surface area (Å²) in [5, 5.41) is 12.1. The van der Waals surface area contributed by atoms with E-state index in [1.54, 1.807) is 23.1 Å². The van der Waals surface area contributed by atoms with Gasteiger partial charge in [-0.05, 0) is 56.4 Å². The molecule has 0 aromatic heterocycles. The average Bonchev–Trinajstić information content (AvgIpc) is 2.55. The first-order chi connectivity index (χ1) is 12.2. The summed E-state index contributed by atoms with van der Waals surface area (Å²) in [6.45, 7) is 8.00. The van der Waals surface area contributed by atoms with Crippen molar-refractivity contribution in [2.24, 2.45) is 11.8 Å². The number of carbonyl (C=O) groups is 3. The van der Waals surface area contributed by atoms with E-state index >= 15 is 0 Å². The molecule has 0 aliphatic carbocycles. The van der Waals surface area contributed by atoms with Gasteiger partial charge in [0.05, 0.1) is 5.92 Å². The minimum atomic E-state index is -0.853. The Morgan fingerprint density at radius 2 is 1.96 bits per heavy atom. The Morgan fingerprint density at radius 3 is 2.54 bits per heavy atom. The van der Waals surface area contributed by atoms with Gasteiger partial charge in [0.2, 0.25) is 5.91 Å². The lowest BCUT2D eigenvalue weighted by Crippen LogP contribution is -2.47. The second-order valence-corrected chi connectivity index (χ2v) is 7.59. The minimum Gasteiger partial charge on any atom is -0.481 e. The minimum absolute atomic E-state index is 0.0174. The monoisotopic (exact) mass is 360 g/mol. The van der Waals surface area contributed by atoms with Crippen LogP contribution >= 0.6 is 0 Å². The van der Waals surface area contributed by atoms with Crippen LogP contribution in [-0.2, 0) is 9.59 Å². The number of anilines is 1. The smallest absolute Gasteiger partial charge is 0.308 e. The number of carboxylic acid groups (broad SMARTS) is 1. The van der Waals surface area contributed by atoms with Crippen LogP contribution in [-0.4, -0.2) is 40.4 Å². The highest BCUT2D eigenvalue weighted by Crippen LogP contribution is 2.25. The quantitative estimate of drug-likeness (QED) is 0.843. The highest BCUT2D eigenvalue weighted by Gasteiger charge is 2.33. The van der Waals surface area contributed by atoms with Gasteiger partial charge in [0.1, 0.15) is 0 Å². The molecule has 2 N–H and O–H groups in total. The number of hydrogen-bond acceptors (Lipinski definition) is 3. The van der Waals surface area contributed by atoms with Crippen LogP contribution in [0.4, 0.5) is 5.69 Å². The maximum atomic E-state index is 12.9. The Kier molecular flexibility index (Phi) is 6.40. The molecule has 26 heavy (non-hydrogen) atoms. The van der Waals surface area contributed by atoms with Gasteiger partial charge in [-0.25, -0.2) is 0 Å². The van der Waals surface area contributed by atoms with Crippen LogP contribution in [0.3, 0.4) is 0 Å². The third kappa shape index (κ3) is 4.84. The zero-order valence-corrected chi connectivity index (χ0v) is 15.9. The van der Waals surface area contributed by atoms with Gasteiger partial charge >= 0.3 is 5.97 Å². The maximum absolute atomic E-state index is 12.9. The number of hydrogen-bond donors (Lipinski definition) is 2. The molecule has 142 valence electrons. The predicted octanol–water partition coefficient (Wildman–Crippen LogP) is 3.30. The Morgan fingerprint density at radius 1 is 1.27 bits per heavy atom. The standard InChI is InChI=1S/C20H28N2O4/c1-12(2)9-18(23)21-17-8-7-15(10-13(17)3)19(24)22-11-16(20(25)26)6-5-14(22)4/h7-8,10,12,14,16H,5-6,9,11H2,1-4H3,(H,21,23)(H,25,26). The Hall–Kier alpha value is -2.37. The lowest BCUT2D eigenvalue weighted by molar-refractivity contribution is -0.143. The number of aryl methyl sites for hydroxylation is 1. The predicted molar refractivity (Wildman–Crippen MR) is 100 cm³/mol. The van der Waals surface area contributed by atoms with E-state index in [0.717, 1.165) is 5.56 Å². The van der Waals surface area contributed by atoms with Gasteiger partial charge in [-0.15, -0.1) is 0 Å². The van der Waals surface area contributed by atoms with Crippen molar-refractivity contribution in [2.45, 2.75) is 53.0 Å². The molecular weight excluding hydrogens is 332 g/mol. The molecule has 1 aliphatic rings. The molecule has 1 saturated heterocycles. The fourth-order valence-corrected chi connectivity index (χ4v) is 3.27. The molecule has 1 aromatic carbocycles. The summed E-state index contributed by atoms with van der Waals surface area (Å²) < 4.78 is 0. The number of likely N-dealkylation sites (tertiary alicyclic amines) is 1. The van der Waals surface area contributed by atoms with E-state index in [4.69, 9.17) is 0 Å². The zero-order chi connectivity index (χ0) is 19.4. The average molecular weight is 360 g/mol. The largest absolute Gasteiger partial charge is 0.481 e. The first kappa shape index (κ1) is 19.9. The molecule has 0 saturated carbocycles. The number of aliphatic carboxylic acids is 1. The Balaban J connectivity index is 2.13. The fourth-order valence-electron chi connectivity index (χ4n) is 3.27. The molecule has 1 aliphatic heterocycles. The number of benzene rings is 1. The number of nitrogens with zero attached hydrogens (tertiary/aromatic N) is 1. The number of carbonyl (C=O) groups excluding carboxylic acids is 2.